The van der Waals surface area contributed by atoms with Gasteiger partial charge in [-0.1, -0.05) is 6.07 Å². The maximum Gasteiger partial charge on any atom is 0.270 e. The molecule has 28 heavy (non-hydrogen) atoms. The number of ether oxygens (including phenoxy) is 3. The molecule has 0 aliphatic carbocycles. The predicted octanol–water partition coefficient (Wildman–Crippen LogP) is 2.40. The molecule has 1 aromatic carbocycles. The number of thiophene rings is 1. The first-order valence-electron chi connectivity index (χ1n) is 8.78. The highest BCUT2D eigenvalue weighted by Crippen LogP contribution is 2.27. The lowest BCUT2D eigenvalue weighted by atomic mass is 10.1. The van der Waals surface area contributed by atoms with Gasteiger partial charge in [-0.15, -0.1) is 11.3 Å². The third-order valence-corrected chi connectivity index (χ3v) is 5.07. The van der Waals surface area contributed by atoms with Crippen LogP contribution >= 0.6 is 11.3 Å². The Kier molecular flexibility index (Phi) is 6.67. The quantitative estimate of drug-likeness (QED) is 0.751. The first-order chi connectivity index (χ1) is 13.6. The second-order valence-electron chi connectivity index (χ2n) is 6.00. The van der Waals surface area contributed by atoms with Crippen LogP contribution in [0.4, 0.5) is 0 Å². The van der Waals surface area contributed by atoms with Crippen molar-refractivity contribution >= 4 is 29.2 Å². The monoisotopic (exact) mass is 402 g/mol. The summed E-state index contributed by atoms with van der Waals surface area (Å²) in [5, 5.41) is 4.67. The Bertz CT molecular complexity index is 857. The molecule has 0 unspecified atom stereocenters. The van der Waals surface area contributed by atoms with E-state index >= 15 is 0 Å². The van der Waals surface area contributed by atoms with Gasteiger partial charge in [0.15, 0.2) is 11.5 Å². The third-order valence-electron chi connectivity index (χ3n) is 4.25. The van der Waals surface area contributed by atoms with Crippen molar-refractivity contribution in [1.29, 1.82) is 0 Å². The smallest absolute Gasteiger partial charge is 0.270 e. The summed E-state index contributed by atoms with van der Waals surface area (Å²) in [4.78, 5) is 28.3. The summed E-state index contributed by atoms with van der Waals surface area (Å²) in [7, 11) is 3.03. The zero-order valence-electron chi connectivity index (χ0n) is 15.8. The molecule has 3 rings (SSSR count). The average Bonchev–Trinajstić information content (AvgIpc) is 3.25. The van der Waals surface area contributed by atoms with E-state index in [1.165, 1.54) is 25.6 Å². The highest BCUT2D eigenvalue weighted by molar-refractivity contribution is 7.10. The molecule has 1 aromatic heterocycles. The normalized spacial score (nSPS) is 14.5. The molecule has 1 aliphatic rings. The van der Waals surface area contributed by atoms with Gasteiger partial charge in [-0.25, -0.2) is 0 Å². The van der Waals surface area contributed by atoms with E-state index in [-0.39, 0.29) is 11.6 Å². The van der Waals surface area contributed by atoms with E-state index in [1.807, 2.05) is 17.5 Å². The van der Waals surface area contributed by atoms with Crippen molar-refractivity contribution in [2.75, 3.05) is 40.5 Å². The summed E-state index contributed by atoms with van der Waals surface area (Å²) in [6, 6.07) is 8.64. The maximum atomic E-state index is 13.0. The van der Waals surface area contributed by atoms with Crippen LogP contribution in [0.15, 0.2) is 41.4 Å². The summed E-state index contributed by atoms with van der Waals surface area (Å²) < 4.78 is 15.8. The largest absolute Gasteiger partial charge is 0.493 e. The minimum Gasteiger partial charge on any atom is -0.493 e. The average molecular weight is 402 g/mol. The van der Waals surface area contributed by atoms with Gasteiger partial charge < -0.3 is 24.4 Å². The number of hydrogen-bond acceptors (Lipinski definition) is 6. The van der Waals surface area contributed by atoms with Crippen molar-refractivity contribution in [3.8, 4) is 11.5 Å². The van der Waals surface area contributed by atoms with Gasteiger partial charge in [0.05, 0.1) is 27.4 Å². The van der Waals surface area contributed by atoms with Crippen molar-refractivity contribution in [1.82, 2.24) is 10.2 Å². The second kappa shape index (κ2) is 9.38. The number of carbonyl (C=O) groups excluding carboxylic acids is 2. The molecule has 7 nitrogen and oxygen atoms in total. The van der Waals surface area contributed by atoms with Crippen LogP contribution in [-0.4, -0.2) is 57.2 Å². The van der Waals surface area contributed by atoms with E-state index < -0.39 is 5.91 Å². The molecule has 2 heterocycles. The Labute approximate surface area is 167 Å². The topological polar surface area (TPSA) is 77.1 Å². The Morgan fingerprint density at radius 3 is 2.54 bits per heavy atom. The first kappa shape index (κ1) is 19.9. The number of amides is 2. The standard InChI is InChI=1S/C20H22N2O5S/c1-25-17-6-5-14(12-18(17)26-2)19(23)21-16(13-15-4-3-11-28-15)20(24)22-7-9-27-10-8-22/h3-6,11-13H,7-10H2,1-2H3,(H,21,23)/b16-13-. The molecule has 148 valence electrons. The number of methoxy groups -OCH3 is 2. The van der Waals surface area contributed by atoms with Crippen molar-refractivity contribution in [3.63, 3.8) is 0 Å². The van der Waals surface area contributed by atoms with Gasteiger partial charge in [-0.2, -0.15) is 0 Å². The van der Waals surface area contributed by atoms with Gasteiger partial charge in [0.2, 0.25) is 0 Å². The number of hydrogen-bond donors (Lipinski definition) is 1. The van der Waals surface area contributed by atoms with Crippen LogP contribution in [0.2, 0.25) is 0 Å². The molecule has 0 saturated carbocycles. The minimum atomic E-state index is -0.398. The van der Waals surface area contributed by atoms with Crippen LogP contribution in [0.3, 0.4) is 0 Å². The Morgan fingerprint density at radius 2 is 1.89 bits per heavy atom. The number of carbonyl (C=O) groups is 2. The number of nitrogens with one attached hydrogen (secondary N) is 1. The molecule has 1 saturated heterocycles. The molecule has 2 aromatic rings. The fraction of sp³-hybridized carbons (Fsp3) is 0.300. The molecule has 0 radical (unpaired) electrons. The van der Waals surface area contributed by atoms with Crippen LogP contribution in [0.5, 0.6) is 11.5 Å². The van der Waals surface area contributed by atoms with Gasteiger partial charge in [0.1, 0.15) is 5.70 Å². The van der Waals surface area contributed by atoms with Gasteiger partial charge in [-0.3, -0.25) is 9.59 Å². The van der Waals surface area contributed by atoms with Gasteiger partial charge >= 0.3 is 0 Å². The second-order valence-corrected chi connectivity index (χ2v) is 6.98. The highest BCUT2D eigenvalue weighted by atomic mass is 32.1. The molecule has 0 atom stereocenters. The van der Waals surface area contributed by atoms with E-state index in [9.17, 15) is 9.59 Å². The molecule has 2 amide bonds. The molecule has 1 N–H and O–H groups in total. The van der Waals surface area contributed by atoms with E-state index in [0.29, 0.717) is 43.4 Å². The lowest BCUT2D eigenvalue weighted by molar-refractivity contribution is -0.131. The Morgan fingerprint density at radius 1 is 1.14 bits per heavy atom. The van der Waals surface area contributed by atoms with Crippen LogP contribution in [0, 0.1) is 0 Å². The summed E-state index contributed by atoms with van der Waals surface area (Å²) >= 11 is 1.49. The third kappa shape index (κ3) is 4.71. The van der Waals surface area contributed by atoms with Crippen molar-refractivity contribution < 1.29 is 23.8 Å². The van der Waals surface area contributed by atoms with Crippen molar-refractivity contribution in [2.45, 2.75) is 0 Å². The predicted molar refractivity (Wildman–Crippen MR) is 107 cm³/mol. The van der Waals surface area contributed by atoms with Crippen molar-refractivity contribution in [3.05, 3.63) is 51.8 Å². The maximum absolute atomic E-state index is 13.0. The molecular weight excluding hydrogens is 380 g/mol. The first-order valence-corrected chi connectivity index (χ1v) is 9.66. The molecule has 1 fully saturated rings. The minimum absolute atomic E-state index is 0.226. The van der Waals surface area contributed by atoms with Gasteiger partial charge in [0, 0.05) is 23.5 Å². The lowest BCUT2D eigenvalue weighted by Gasteiger charge is -2.27. The summed E-state index contributed by atoms with van der Waals surface area (Å²) in [5.74, 6) is 0.340. The fourth-order valence-electron chi connectivity index (χ4n) is 2.78. The van der Waals surface area contributed by atoms with Gasteiger partial charge in [0.25, 0.3) is 11.8 Å². The summed E-state index contributed by atoms with van der Waals surface area (Å²) in [6.07, 6.45) is 1.70. The number of nitrogens with zero attached hydrogens (tertiary/aromatic N) is 1. The highest BCUT2D eigenvalue weighted by Gasteiger charge is 2.23. The molecule has 8 heteroatoms. The molecular formula is C20H22N2O5S. The molecule has 1 aliphatic heterocycles. The summed E-state index contributed by atoms with van der Waals surface area (Å²) in [6.45, 7) is 1.96. The van der Waals surface area contributed by atoms with Crippen molar-refractivity contribution in [2.24, 2.45) is 0 Å². The van der Waals surface area contributed by atoms with Crippen LogP contribution < -0.4 is 14.8 Å². The number of benzene rings is 1. The lowest BCUT2D eigenvalue weighted by Crippen LogP contribution is -2.44. The van der Waals surface area contributed by atoms with E-state index in [4.69, 9.17) is 14.2 Å². The Balaban J connectivity index is 1.84. The SMILES string of the molecule is COc1ccc(C(=O)N/C(=C\c2cccs2)C(=O)N2CCOCC2)cc1OC. The van der Waals surface area contributed by atoms with Gasteiger partial charge in [-0.05, 0) is 35.7 Å². The van der Waals surface area contributed by atoms with E-state index in [1.54, 1.807) is 29.2 Å². The Hall–Kier alpha value is -2.84. The van der Waals surface area contributed by atoms with Crippen LogP contribution in [0.25, 0.3) is 6.08 Å². The fourth-order valence-corrected chi connectivity index (χ4v) is 3.43. The molecule has 0 spiro atoms. The number of rotatable bonds is 6. The zero-order valence-corrected chi connectivity index (χ0v) is 16.6. The van der Waals surface area contributed by atoms with E-state index in [0.717, 1.165) is 4.88 Å². The van der Waals surface area contributed by atoms with Crippen LogP contribution in [0.1, 0.15) is 15.2 Å². The number of morpholine rings is 1. The van der Waals surface area contributed by atoms with Crippen LogP contribution in [-0.2, 0) is 9.53 Å². The summed E-state index contributed by atoms with van der Waals surface area (Å²) in [5.41, 5.74) is 0.591. The van der Waals surface area contributed by atoms with E-state index in [2.05, 4.69) is 5.32 Å². The zero-order chi connectivity index (χ0) is 19.9. The molecule has 0 bridgehead atoms.